The summed E-state index contributed by atoms with van der Waals surface area (Å²) in [6.45, 7) is 2.25. The second-order valence-electron chi connectivity index (χ2n) is 5.86. The lowest BCUT2D eigenvalue weighted by atomic mass is 9.90. The van der Waals surface area contributed by atoms with Crippen LogP contribution in [0.2, 0.25) is 0 Å². The van der Waals surface area contributed by atoms with Crippen molar-refractivity contribution in [3.05, 3.63) is 0 Å². The zero-order chi connectivity index (χ0) is 12.1. The topological polar surface area (TPSA) is 37.6 Å². The van der Waals surface area contributed by atoms with Gasteiger partial charge in [0.05, 0.1) is 6.17 Å². The average molecular weight is 237 g/mol. The minimum atomic E-state index is -0.258. The van der Waals surface area contributed by atoms with Gasteiger partial charge < -0.3 is 4.90 Å². The molecule has 0 aliphatic carbocycles. The maximum Gasteiger partial charge on any atom is 0.0954 e. The molecule has 2 radical (unpaired) electrons. The van der Waals surface area contributed by atoms with E-state index in [4.69, 9.17) is 0 Å². The smallest absolute Gasteiger partial charge is 0.0954 e. The molecule has 0 bridgehead atoms. The molecule has 0 spiro atoms. The lowest BCUT2D eigenvalue weighted by Crippen LogP contribution is -2.39. The zero-order valence-corrected chi connectivity index (χ0v) is 11.2. The lowest BCUT2D eigenvalue weighted by Gasteiger charge is -2.33. The molecule has 0 aromatic rings. The lowest BCUT2D eigenvalue weighted by molar-refractivity contribution is 0.162. The molecule has 3 atom stereocenters. The largest absolute Gasteiger partial charge is 0.303 e. The minimum absolute atomic E-state index is 0.258. The summed E-state index contributed by atoms with van der Waals surface area (Å²) < 4.78 is 0. The van der Waals surface area contributed by atoms with Crippen LogP contribution in [0.4, 0.5) is 0 Å². The molecule has 2 aliphatic rings. The van der Waals surface area contributed by atoms with Crippen molar-refractivity contribution in [1.29, 1.82) is 0 Å². The van der Waals surface area contributed by atoms with Crippen LogP contribution in [0.5, 0.6) is 0 Å². The van der Waals surface area contributed by atoms with E-state index in [0.717, 1.165) is 12.6 Å². The predicted molar refractivity (Wildman–Crippen MR) is 70.8 cm³/mol. The SMILES string of the molecule is CN1CCCCC1CCC1CCCCNC1[N]. The van der Waals surface area contributed by atoms with Crippen molar-refractivity contribution in [3.63, 3.8) is 0 Å². The molecule has 3 heteroatoms. The molecular weight excluding hydrogens is 210 g/mol. The van der Waals surface area contributed by atoms with Crippen LogP contribution in [0.15, 0.2) is 0 Å². The van der Waals surface area contributed by atoms with E-state index < -0.39 is 0 Å². The Balaban J connectivity index is 1.75. The van der Waals surface area contributed by atoms with Gasteiger partial charge in [-0.3, -0.25) is 5.32 Å². The predicted octanol–water partition coefficient (Wildman–Crippen LogP) is 2.04. The molecule has 1 N–H and O–H groups in total. The molecule has 0 saturated carbocycles. The van der Waals surface area contributed by atoms with Crippen LogP contribution >= 0.6 is 0 Å². The maximum absolute atomic E-state index is 10.0. The fraction of sp³-hybridized carbons (Fsp3) is 1.00. The van der Waals surface area contributed by atoms with Gasteiger partial charge in [-0.1, -0.05) is 12.8 Å². The van der Waals surface area contributed by atoms with Gasteiger partial charge in [0, 0.05) is 6.04 Å². The summed E-state index contributed by atoms with van der Waals surface area (Å²) in [5, 5.41) is 3.24. The summed E-state index contributed by atoms with van der Waals surface area (Å²) in [5.74, 6) is 0.479. The van der Waals surface area contributed by atoms with Gasteiger partial charge in [-0.15, -0.1) is 5.73 Å². The fourth-order valence-electron chi connectivity index (χ4n) is 3.32. The summed E-state index contributed by atoms with van der Waals surface area (Å²) in [6.07, 6.45) is 9.99. The molecule has 2 heterocycles. The van der Waals surface area contributed by atoms with E-state index in [1.165, 1.54) is 57.9 Å². The van der Waals surface area contributed by atoms with Crippen LogP contribution < -0.4 is 11.1 Å². The Labute approximate surface area is 106 Å². The average Bonchev–Trinajstić information content (AvgIpc) is 2.53. The first-order chi connectivity index (χ1) is 8.27. The first-order valence-corrected chi connectivity index (χ1v) is 7.39. The highest BCUT2D eigenvalue weighted by Gasteiger charge is 2.24. The number of piperidine rings is 1. The monoisotopic (exact) mass is 237 g/mol. The highest BCUT2D eigenvalue weighted by molar-refractivity contribution is 4.79. The summed E-state index contributed by atoms with van der Waals surface area (Å²) in [4.78, 5) is 2.51. The highest BCUT2D eigenvalue weighted by atomic mass is 15.1. The quantitative estimate of drug-likeness (QED) is 0.815. The van der Waals surface area contributed by atoms with Gasteiger partial charge in [0.1, 0.15) is 0 Å². The van der Waals surface area contributed by atoms with E-state index in [2.05, 4.69) is 17.3 Å². The minimum Gasteiger partial charge on any atom is -0.303 e. The molecule has 2 fully saturated rings. The fourth-order valence-corrected chi connectivity index (χ4v) is 3.32. The standard InChI is InChI=1S/C14H27N3/c1-17-11-5-3-7-13(17)9-8-12-6-2-4-10-16-14(12)15/h12-14,16H,2-11H2,1H3. The second-order valence-corrected chi connectivity index (χ2v) is 5.86. The van der Waals surface area contributed by atoms with E-state index >= 15 is 0 Å². The molecule has 0 aromatic heterocycles. The molecule has 17 heavy (non-hydrogen) atoms. The molecule has 0 aromatic carbocycles. The van der Waals surface area contributed by atoms with E-state index in [9.17, 15) is 5.73 Å². The van der Waals surface area contributed by atoms with Crippen LogP contribution in [0, 0.1) is 5.92 Å². The summed E-state index contributed by atoms with van der Waals surface area (Å²) in [5.41, 5.74) is 10.0. The molecule has 3 unspecified atom stereocenters. The van der Waals surface area contributed by atoms with E-state index in [0.29, 0.717) is 5.92 Å². The van der Waals surface area contributed by atoms with Crippen molar-refractivity contribution in [1.82, 2.24) is 16.0 Å². The Morgan fingerprint density at radius 1 is 1.12 bits per heavy atom. The zero-order valence-electron chi connectivity index (χ0n) is 11.2. The molecule has 98 valence electrons. The summed E-state index contributed by atoms with van der Waals surface area (Å²) >= 11 is 0. The van der Waals surface area contributed by atoms with Crippen LogP contribution in [0.25, 0.3) is 0 Å². The van der Waals surface area contributed by atoms with Crippen molar-refractivity contribution >= 4 is 0 Å². The molecule has 3 nitrogen and oxygen atoms in total. The van der Waals surface area contributed by atoms with Crippen molar-refractivity contribution in [2.24, 2.45) is 5.92 Å². The van der Waals surface area contributed by atoms with Crippen LogP contribution in [0.3, 0.4) is 0 Å². The van der Waals surface area contributed by atoms with Gasteiger partial charge in [-0.25, -0.2) is 0 Å². The number of nitrogens with one attached hydrogen (secondary N) is 1. The van der Waals surface area contributed by atoms with Crippen molar-refractivity contribution in [2.75, 3.05) is 20.1 Å². The van der Waals surface area contributed by atoms with Crippen LogP contribution in [0.1, 0.15) is 51.4 Å². The number of hydrogen-bond donors (Lipinski definition) is 1. The van der Waals surface area contributed by atoms with Crippen molar-refractivity contribution in [3.8, 4) is 0 Å². The van der Waals surface area contributed by atoms with E-state index in [1.807, 2.05) is 0 Å². The Morgan fingerprint density at radius 3 is 2.76 bits per heavy atom. The number of nitrogens with zero attached hydrogens (tertiary/aromatic N) is 2. The third kappa shape index (κ3) is 3.94. The van der Waals surface area contributed by atoms with Gasteiger partial charge in [0.2, 0.25) is 0 Å². The van der Waals surface area contributed by atoms with Gasteiger partial charge in [0.25, 0.3) is 0 Å². The first kappa shape index (κ1) is 13.3. The maximum atomic E-state index is 10.0. The van der Waals surface area contributed by atoms with Gasteiger partial charge >= 0.3 is 0 Å². The Bertz CT molecular complexity index is 220. The third-order valence-electron chi connectivity index (χ3n) is 4.59. The molecular formula is C14H27N3. The Hall–Kier alpha value is -0.120. The number of likely N-dealkylation sites (tertiary alicyclic amines) is 1. The van der Waals surface area contributed by atoms with E-state index in [-0.39, 0.29) is 6.17 Å². The Morgan fingerprint density at radius 2 is 1.94 bits per heavy atom. The Kier molecular flexibility index (Phi) is 5.26. The normalized spacial score (nSPS) is 36.7. The second kappa shape index (κ2) is 6.72. The third-order valence-corrected chi connectivity index (χ3v) is 4.59. The van der Waals surface area contributed by atoms with Crippen LogP contribution in [-0.2, 0) is 0 Å². The van der Waals surface area contributed by atoms with E-state index in [1.54, 1.807) is 0 Å². The molecule has 2 saturated heterocycles. The van der Waals surface area contributed by atoms with Crippen LogP contribution in [-0.4, -0.2) is 37.2 Å². The number of rotatable bonds is 3. The van der Waals surface area contributed by atoms with Gasteiger partial charge in [-0.2, -0.15) is 0 Å². The highest BCUT2D eigenvalue weighted by Crippen LogP contribution is 2.25. The molecule has 0 amide bonds. The molecule has 2 aliphatic heterocycles. The number of hydrogen-bond acceptors (Lipinski definition) is 2. The molecule has 2 rings (SSSR count). The van der Waals surface area contributed by atoms with Gasteiger partial charge in [0.15, 0.2) is 0 Å². The summed E-state index contributed by atoms with van der Waals surface area (Å²) in [6, 6.07) is 0.763. The van der Waals surface area contributed by atoms with Gasteiger partial charge in [-0.05, 0) is 64.6 Å². The summed E-state index contributed by atoms with van der Waals surface area (Å²) in [7, 11) is 2.26. The first-order valence-electron chi connectivity index (χ1n) is 7.39. The van der Waals surface area contributed by atoms with Crippen molar-refractivity contribution in [2.45, 2.75) is 63.6 Å². The van der Waals surface area contributed by atoms with Crippen molar-refractivity contribution < 1.29 is 0 Å².